The number of benzene rings is 1. The molecule has 0 spiro atoms. The van der Waals surface area contributed by atoms with Crippen molar-refractivity contribution in [3.8, 4) is 0 Å². The molecule has 0 unspecified atom stereocenters. The Hall–Kier alpha value is -2.64. The van der Waals surface area contributed by atoms with Gasteiger partial charge in [0, 0.05) is 19.2 Å². The van der Waals surface area contributed by atoms with Gasteiger partial charge in [0.15, 0.2) is 0 Å². The van der Waals surface area contributed by atoms with Gasteiger partial charge in [0.25, 0.3) is 5.69 Å². The van der Waals surface area contributed by atoms with Crippen molar-refractivity contribution in [1.82, 2.24) is 10.2 Å². The van der Waals surface area contributed by atoms with E-state index in [1.807, 2.05) is 0 Å². The number of nitrogens with one attached hydrogen (secondary N) is 2. The van der Waals surface area contributed by atoms with Gasteiger partial charge in [-0.1, -0.05) is 6.07 Å². The molecule has 0 bridgehead atoms. The Bertz CT molecular complexity index is 597. The summed E-state index contributed by atoms with van der Waals surface area (Å²) in [7, 11) is 0. The molecule has 1 aromatic carbocycles. The van der Waals surface area contributed by atoms with Crippen molar-refractivity contribution in [1.29, 1.82) is 0 Å². The first kappa shape index (κ1) is 15.7. The van der Waals surface area contributed by atoms with E-state index in [4.69, 9.17) is 0 Å². The molecule has 1 aliphatic heterocycles. The van der Waals surface area contributed by atoms with Gasteiger partial charge in [-0.15, -0.1) is 0 Å². The summed E-state index contributed by atoms with van der Waals surface area (Å²) in [6.07, 6.45) is 1.98. The number of urea groups is 1. The number of rotatable bonds is 4. The Balaban J connectivity index is 1.90. The van der Waals surface area contributed by atoms with Crippen LogP contribution in [0.4, 0.5) is 16.2 Å². The van der Waals surface area contributed by atoms with E-state index in [1.54, 1.807) is 17.9 Å². The Kier molecular flexibility index (Phi) is 4.92. The summed E-state index contributed by atoms with van der Waals surface area (Å²) < 4.78 is 0. The zero-order valence-corrected chi connectivity index (χ0v) is 12.3. The molecular weight excluding hydrogens is 288 g/mol. The summed E-state index contributed by atoms with van der Waals surface area (Å²) in [4.78, 5) is 35.7. The van der Waals surface area contributed by atoms with E-state index >= 15 is 0 Å². The lowest BCUT2D eigenvalue weighted by molar-refractivity contribution is -0.385. The van der Waals surface area contributed by atoms with Crippen molar-refractivity contribution in [3.05, 3.63) is 33.9 Å². The van der Waals surface area contributed by atoms with Crippen molar-refractivity contribution in [2.45, 2.75) is 19.8 Å². The van der Waals surface area contributed by atoms with E-state index in [9.17, 15) is 19.7 Å². The first-order valence-corrected chi connectivity index (χ1v) is 7.05. The van der Waals surface area contributed by atoms with Crippen LogP contribution in [0.1, 0.15) is 18.4 Å². The summed E-state index contributed by atoms with van der Waals surface area (Å²) in [6.45, 7) is 2.93. The first-order valence-electron chi connectivity index (χ1n) is 7.05. The normalized spacial score (nSPS) is 13.8. The molecule has 0 saturated carbocycles. The van der Waals surface area contributed by atoms with E-state index in [-0.39, 0.29) is 18.1 Å². The zero-order valence-electron chi connectivity index (χ0n) is 12.3. The Morgan fingerprint density at radius 2 is 2.00 bits per heavy atom. The second-order valence-electron chi connectivity index (χ2n) is 5.10. The highest BCUT2D eigenvalue weighted by Crippen LogP contribution is 2.24. The number of amides is 3. The number of carbonyl (C=O) groups is 2. The fraction of sp³-hybridized carbons (Fsp3) is 0.429. The molecule has 8 heteroatoms. The maximum Gasteiger partial charge on any atom is 0.319 e. The molecule has 22 heavy (non-hydrogen) atoms. The topological polar surface area (TPSA) is 105 Å². The van der Waals surface area contributed by atoms with Crippen LogP contribution in [0.2, 0.25) is 0 Å². The molecule has 1 aliphatic rings. The largest absolute Gasteiger partial charge is 0.341 e. The van der Waals surface area contributed by atoms with Crippen molar-refractivity contribution >= 4 is 23.3 Å². The van der Waals surface area contributed by atoms with Crippen LogP contribution in [0.3, 0.4) is 0 Å². The van der Waals surface area contributed by atoms with Gasteiger partial charge >= 0.3 is 6.03 Å². The highest BCUT2D eigenvalue weighted by molar-refractivity contribution is 5.93. The minimum absolute atomic E-state index is 0.0639. The van der Waals surface area contributed by atoms with Crippen molar-refractivity contribution < 1.29 is 14.5 Å². The highest BCUT2D eigenvalue weighted by Gasteiger charge is 2.19. The van der Waals surface area contributed by atoms with Gasteiger partial charge in [0.05, 0.1) is 22.7 Å². The Morgan fingerprint density at radius 1 is 1.32 bits per heavy atom. The Morgan fingerprint density at radius 3 is 2.64 bits per heavy atom. The van der Waals surface area contributed by atoms with Crippen LogP contribution in [-0.4, -0.2) is 41.4 Å². The van der Waals surface area contributed by atoms with E-state index < -0.39 is 11.0 Å². The number of hydrogen-bond acceptors (Lipinski definition) is 4. The van der Waals surface area contributed by atoms with Gasteiger partial charge in [-0.25, -0.2) is 4.79 Å². The predicted molar refractivity (Wildman–Crippen MR) is 80.7 cm³/mol. The van der Waals surface area contributed by atoms with Crippen LogP contribution in [0.15, 0.2) is 18.2 Å². The monoisotopic (exact) mass is 306 g/mol. The quantitative estimate of drug-likeness (QED) is 0.651. The van der Waals surface area contributed by atoms with E-state index in [1.165, 1.54) is 12.1 Å². The lowest BCUT2D eigenvalue weighted by Gasteiger charge is -2.16. The highest BCUT2D eigenvalue weighted by atomic mass is 16.6. The summed E-state index contributed by atoms with van der Waals surface area (Å²) in [5.74, 6) is -0.122. The van der Waals surface area contributed by atoms with Crippen molar-refractivity contribution in [2.24, 2.45) is 0 Å². The second-order valence-corrected chi connectivity index (χ2v) is 5.10. The van der Waals surface area contributed by atoms with Crippen LogP contribution in [0, 0.1) is 17.0 Å². The van der Waals surface area contributed by atoms with Gasteiger partial charge in [-0.2, -0.15) is 0 Å². The third-order valence-electron chi connectivity index (χ3n) is 3.61. The fourth-order valence-corrected chi connectivity index (χ4v) is 2.36. The summed E-state index contributed by atoms with van der Waals surface area (Å²) in [5.41, 5.74) is 0.653. The van der Waals surface area contributed by atoms with Crippen LogP contribution >= 0.6 is 0 Å². The van der Waals surface area contributed by atoms with Crippen LogP contribution in [0.5, 0.6) is 0 Å². The van der Waals surface area contributed by atoms with E-state index in [0.29, 0.717) is 11.3 Å². The van der Waals surface area contributed by atoms with Crippen LogP contribution in [0.25, 0.3) is 0 Å². The molecule has 118 valence electrons. The molecule has 2 N–H and O–H groups in total. The molecule has 0 radical (unpaired) electrons. The average Bonchev–Trinajstić information content (AvgIpc) is 3.01. The number of likely N-dealkylation sites (tertiary alicyclic amines) is 1. The zero-order chi connectivity index (χ0) is 16.1. The van der Waals surface area contributed by atoms with Crippen molar-refractivity contribution in [3.63, 3.8) is 0 Å². The van der Waals surface area contributed by atoms with Crippen molar-refractivity contribution in [2.75, 3.05) is 25.0 Å². The van der Waals surface area contributed by atoms with Gasteiger partial charge in [0.2, 0.25) is 5.91 Å². The number of anilines is 1. The van der Waals surface area contributed by atoms with E-state index in [0.717, 1.165) is 25.9 Å². The Labute approximate surface area is 127 Å². The molecule has 0 atom stereocenters. The molecule has 0 aliphatic carbocycles. The standard InChI is InChI=1S/C14H18N4O4/c1-10-11(5-4-6-12(10)18(21)22)16-14(20)15-9-13(19)17-7-2-3-8-17/h4-6H,2-3,7-9H2,1H3,(H2,15,16,20). The van der Waals surface area contributed by atoms with Crippen LogP contribution in [-0.2, 0) is 4.79 Å². The third-order valence-corrected chi connectivity index (χ3v) is 3.61. The summed E-state index contributed by atoms with van der Waals surface area (Å²) in [5, 5.41) is 15.8. The maximum atomic E-state index is 11.8. The van der Waals surface area contributed by atoms with Gasteiger partial charge in [-0.3, -0.25) is 14.9 Å². The SMILES string of the molecule is Cc1c(NC(=O)NCC(=O)N2CCCC2)cccc1[N+](=O)[O-]. The molecule has 8 nitrogen and oxygen atoms in total. The minimum Gasteiger partial charge on any atom is -0.341 e. The van der Waals surface area contributed by atoms with E-state index in [2.05, 4.69) is 10.6 Å². The summed E-state index contributed by atoms with van der Waals surface area (Å²) in [6, 6.07) is 3.88. The number of nitrogens with zero attached hydrogens (tertiary/aromatic N) is 2. The lowest BCUT2D eigenvalue weighted by Crippen LogP contribution is -2.40. The molecule has 2 rings (SSSR count). The maximum absolute atomic E-state index is 11.8. The summed E-state index contributed by atoms with van der Waals surface area (Å²) >= 11 is 0. The molecule has 0 aromatic heterocycles. The third kappa shape index (κ3) is 3.72. The number of carbonyl (C=O) groups excluding carboxylic acids is 2. The minimum atomic E-state index is -0.559. The average molecular weight is 306 g/mol. The molecular formula is C14H18N4O4. The lowest BCUT2D eigenvalue weighted by atomic mass is 10.1. The molecule has 3 amide bonds. The number of nitro benzene ring substituents is 1. The molecule has 1 heterocycles. The smallest absolute Gasteiger partial charge is 0.319 e. The van der Waals surface area contributed by atoms with Gasteiger partial charge < -0.3 is 15.5 Å². The number of nitro groups is 1. The number of hydrogen-bond donors (Lipinski definition) is 2. The first-order chi connectivity index (χ1) is 10.5. The fourth-order valence-electron chi connectivity index (χ4n) is 2.36. The van der Waals surface area contributed by atoms with Gasteiger partial charge in [-0.05, 0) is 25.8 Å². The molecule has 1 saturated heterocycles. The second kappa shape index (κ2) is 6.88. The molecule has 1 fully saturated rings. The van der Waals surface area contributed by atoms with Gasteiger partial charge in [0.1, 0.15) is 0 Å². The predicted octanol–water partition coefficient (Wildman–Crippen LogP) is 1.65. The molecule has 1 aromatic rings. The van der Waals surface area contributed by atoms with Crippen LogP contribution < -0.4 is 10.6 Å².